The highest BCUT2D eigenvalue weighted by atomic mass is 16.5. The zero-order valence-corrected chi connectivity index (χ0v) is 7.40. The molecule has 0 saturated carbocycles. The van der Waals surface area contributed by atoms with Crippen molar-refractivity contribution in [3.05, 3.63) is 29.8 Å². The van der Waals surface area contributed by atoms with Gasteiger partial charge >= 0.3 is 5.97 Å². The van der Waals surface area contributed by atoms with Crippen molar-refractivity contribution in [2.75, 3.05) is 12.3 Å². The van der Waals surface area contributed by atoms with Crippen LogP contribution in [-0.4, -0.2) is 18.5 Å². The summed E-state index contributed by atoms with van der Waals surface area (Å²) in [5.74, 6) is -1.28. The molecule has 0 fully saturated rings. The molecule has 5 nitrogen and oxygen atoms in total. The zero-order chi connectivity index (χ0) is 10.6. The minimum Gasteiger partial charge on any atom is -0.452 e. The van der Waals surface area contributed by atoms with Gasteiger partial charge in [-0.25, -0.2) is 4.79 Å². The van der Waals surface area contributed by atoms with Gasteiger partial charge in [-0.3, -0.25) is 4.79 Å². The predicted octanol–water partition coefficient (Wildman–Crippen LogP) is -0.0891. The minimum absolute atomic E-state index is 0.334. The highest BCUT2D eigenvalue weighted by Crippen LogP contribution is 2.06. The molecule has 1 rings (SSSR count). The lowest BCUT2D eigenvalue weighted by Crippen LogP contribution is -2.20. The Bertz CT molecular complexity index is 346. The quantitative estimate of drug-likeness (QED) is 0.519. The Morgan fingerprint density at radius 1 is 1.21 bits per heavy atom. The van der Waals surface area contributed by atoms with E-state index < -0.39 is 18.5 Å². The average molecular weight is 194 g/mol. The molecule has 0 atom stereocenters. The Morgan fingerprint density at radius 2 is 1.79 bits per heavy atom. The van der Waals surface area contributed by atoms with Gasteiger partial charge in [-0.05, 0) is 24.3 Å². The molecule has 1 aromatic rings. The van der Waals surface area contributed by atoms with Crippen LogP contribution >= 0.6 is 0 Å². The molecule has 0 saturated heterocycles. The standard InChI is InChI=1S/C9H10N2O3/c10-7-3-1-6(2-4-7)9(13)14-5-8(11)12/h1-4H,5,10H2,(H2,11,12). The van der Waals surface area contributed by atoms with Gasteiger partial charge in [-0.1, -0.05) is 0 Å². The molecule has 0 aliphatic rings. The van der Waals surface area contributed by atoms with Crippen LogP contribution in [0, 0.1) is 0 Å². The van der Waals surface area contributed by atoms with Gasteiger partial charge in [0.05, 0.1) is 5.56 Å². The van der Waals surface area contributed by atoms with E-state index in [4.69, 9.17) is 11.5 Å². The van der Waals surface area contributed by atoms with E-state index in [-0.39, 0.29) is 0 Å². The number of hydrogen-bond donors (Lipinski definition) is 2. The molecule has 5 heteroatoms. The number of rotatable bonds is 3. The summed E-state index contributed by atoms with van der Waals surface area (Å²) >= 11 is 0. The van der Waals surface area contributed by atoms with Crippen LogP contribution in [0.25, 0.3) is 0 Å². The number of amides is 1. The van der Waals surface area contributed by atoms with E-state index in [9.17, 15) is 9.59 Å². The van der Waals surface area contributed by atoms with Crippen LogP contribution in [-0.2, 0) is 9.53 Å². The van der Waals surface area contributed by atoms with Gasteiger partial charge in [0.2, 0.25) is 0 Å². The van der Waals surface area contributed by atoms with E-state index >= 15 is 0 Å². The number of anilines is 1. The lowest BCUT2D eigenvalue weighted by molar-refractivity contribution is -0.121. The first-order valence-corrected chi connectivity index (χ1v) is 3.90. The van der Waals surface area contributed by atoms with E-state index in [1.165, 1.54) is 12.1 Å². The molecule has 0 radical (unpaired) electrons. The van der Waals surface area contributed by atoms with Crippen LogP contribution in [0.4, 0.5) is 5.69 Å². The third-order valence-corrected chi connectivity index (χ3v) is 1.49. The van der Waals surface area contributed by atoms with Gasteiger partial charge in [-0.2, -0.15) is 0 Å². The maximum Gasteiger partial charge on any atom is 0.338 e. The number of carbonyl (C=O) groups excluding carboxylic acids is 2. The second-order valence-corrected chi connectivity index (χ2v) is 2.66. The lowest BCUT2D eigenvalue weighted by atomic mass is 10.2. The Balaban J connectivity index is 2.61. The summed E-state index contributed by atoms with van der Waals surface area (Å²) < 4.78 is 4.58. The van der Waals surface area contributed by atoms with Gasteiger partial charge in [0.1, 0.15) is 0 Å². The fourth-order valence-electron chi connectivity index (χ4n) is 0.839. The largest absolute Gasteiger partial charge is 0.452 e. The summed E-state index contributed by atoms with van der Waals surface area (Å²) in [6, 6.07) is 6.17. The van der Waals surface area contributed by atoms with E-state index in [2.05, 4.69) is 4.74 Å². The van der Waals surface area contributed by atoms with Crippen molar-refractivity contribution < 1.29 is 14.3 Å². The summed E-state index contributed by atoms with van der Waals surface area (Å²) in [5.41, 5.74) is 11.1. The monoisotopic (exact) mass is 194 g/mol. The van der Waals surface area contributed by atoms with Crippen LogP contribution in [0.3, 0.4) is 0 Å². The number of primary amides is 1. The number of nitrogen functional groups attached to an aromatic ring is 1. The molecule has 14 heavy (non-hydrogen) atoms. The number of hydrogen-bond acceptors (Lipinski definition) is 4. The molecule has 0 bridgehead atoms. The molecule has 0 spiro atoms. The predicted molar refractivity (Wildman–Crippen MR) is 50.3 cm³/mol. The Labute approximate surface area is 80.6 Å². The number of ether oxygens (including phenoxy) is 1. The van der Waals surface area contributed by atoms with Crippen LogP contribution in [0.2, 0.25) is 0 Å². The average Bonchev–Trinajstić information content (AvgIpc) is 2.15. The molecule has 0 heterocycles. The molecule has 74 valence electrons. The molecule has 0 aliphatic carbocycles. The summed E-state index contributed by atoms with van der Waals surface area (Å²) in [7, 11) is 0. The van der Waals surface area contributed by atoms with E-state index in [1.807, 2.05) is 0 Å². The van der Waals surface area contributed by atoms with Crippen LogP contribution in [0.5, 0.6) is 0 Å². The van der Waals surface area contributed by atoms with Crippen molar-refractivity contribution in [1.29, 1.82) is 0 Å². The maximum absolute atomic E-state index is 11.2. The molecular formula is C9H10N2O3. The summed E-state index contributed by atoms with van der Waals surface area (Å²) in [6.45, 7) is -0.413. The van der Waals surface area contributed by atoms with E-state index in [0.717, 1.165) is 0 Å². The van der Waals surface area contributed by atoms with Crippen LogP contribution < -0.4 is 11.5 Å². The third-order valence-electron chi connectivity index (χ3n) is 1.49. The number of nitrogens with two attached hydrogens (primary N) is 2. The molecule has 1 amide bonds. The van der Waals surface area contributed by atoms with Crippen molar-refractivity contribution in [2.24, 2.45) is 5.73 Å². The van der Waals surface area contributed by atoms with Crippen molar-refractivity contribution in [3.8, 4) is 0 Å². The first kappa shape index (κ1) is 10.0. The smallest absolute Gasteiger partial charge is 0.338 e. The lowest BCUT2D eigenvalue weighted by Gasteiger charge is -2.01. The zero-order valence-electron chi connectivity index (χ0n) is 7.40. The molecule has 1 aromatic carbocycles. The fraction of sp³-hybridized carbons (Fsp3) is 0.111. The number of benzene rings is 1. The summed E-state index contributed by atoms with van der Waals surface area (Å²) in [5, 5.41) is 0. The fourth-order valence-corrected chi connectivity index (χ4v) is 0.839. The SMILES string of the molecule is NC(=O)COC(=O)c1ccc(N)cc1. The number of esters is 1. The normalized spacial score (nSPS) is 9.43. The van der Waals surface area contributed by atoms with Gasteiger partial charge in [-0.15, -0.1) is 0 Å². The van der Waals surface area contributed by atoms with Gasteiger partial charge in [0.25, 0.3) is 5.91 Å². The summed E-state index contributed by atoms with van der Waals surface area (Å²) in [6.07, 6.45) is 0. The second kappa shape index (κ2) is 4.27. The highest BCUT2D eigenvalue weighted by Gasteiger charge is 2.07. The highest BCUT2D eigenvalue weighted by molar-refractivity contribution is 5.91. The molecular weight excluding hydrogens is 184 g/mol. The Morgan fingerprint density at radius 3 is 2.29 bits per heavy atom. The first-order chi connectivity index (χ1) is 6.59. The topological polar surface area (TPSA) is 95.4 Å². The maximum atomic E-state index is 11.2. The van der Waals surface area contributed by atoms with Crippen molar-refractivity contribution >= 4 is 17.6 Å². The van der Waals surface area contributed by atoms with Crippen molar-refractivity contribution in [2.45, 2.75) is 0 Å². The van der Waals surface area contributed by atoms with Crippen molar-refractivity contribution in [1.82, 2.24) is 0 Å². The second-order valence-electron chi connectivity index (χ2n) is 2.66. The molecule has 0 aliphatic heterocycles. The van der Waals surface area contributed by atoms with Crippen LogP contribution in [0.15, 0.2) is 24.3 Å². The van der Waals surface area contributed by atoms with Gasteiger partial charge in [0, 0.05) is 5.69 Å². The summed E-state index contributed by atoms with van der Waals surface area (Å²) in [4.78, 5) is 21.5. The third kappa shape index (κ3) is 2.78. The first-order valence-electron chi connectivity index (χ1n) is 3.90. The molecule has 0 aromatic heterocycles. The van der Waals surface area contributed by atoms with E-state index in [0.29, 0.717) is 11.3 Å². The number of carbonyl (C=O) groups is 2. The van der Waals surface area contributed by atoms with Gasteiger partial charge < -0.3 is 16.2 Å². The molecule has 4 N–H and O–H groups in total. The molecule has 0 unspecified atom stereocenters. The van der Waals surface area contributed by atoms with Crippen LogP contribution in [0.1, 0.15) is 10.4 Å². The van der Waals surface area contributed by atoms with Gasteiger partial charge in [0.15, 0.2) is 6.61 Å². The Hall–Kier alpha value is -2.04. The Kier molecular flexibility index (Phi) is 3.06. The van der Waals surface area contributed by atoms with E-state index in [1.54, 1.807) is 12.1 Å². The van der Waals surface area contributed by atoms with Crippen molar-refractivity contribution in [3.63, 3.8) is 0 Å². The minimum atomic E-state index is -0.686.